The predicted molar refractivity (Wildman–Crippen MR) is 126 cm³/mol. The molecule has 0 bridgehead atoms. The molecule has 0 heteroatoms. The van der Waals surface area contributed by atoms with Crippen LogP contribution in [-0.2, 0) is 19.3 Å². The molecule has 0 aliphatic heterocycles. The third-order valence-corrected chi connectivity index (χ3v) is 6.50. The SMILES string of the molecule is CCCCc1c(CCCC)c2ccc3cccc4ccc(c1CCCC)c2c34. The first-order valence-corrected chi connectivity index (χ1v) is 11.5. The van der Waals surface area contributed by atoms with Crippen molar-refractivity contribution in [2.45, 2.75) is 78.6 Å². The first-order valence-electron chi connectivity index (χ1n) is 11.5. The Labute approximate surface area is 170 Å². The first-order chi connectivity index (χ1) is 13.8. The second-order valence-electron chi connectivity index (χ2n) is 8.43. The van der Waals surface area contributed by atoms with Crippen molar-refractivity contribution >= 4 is 32.3 Å². The number of rotatable bonds is 9. The summed E-state index contributed by atoms with van der Waals surface area (Å²) in [6.45, 7) is 6.96. The molecule has 146 valence electrons. The molecule has 0 spiro atoms. The Morgan fingerprint density at radius 2 is 0.964 bits per heavy atom. The van der Waals surface area contributed by atoms with E-state index in [1.807, 2.05) is 0 Å². The number of benzene rings is 4. The molecule has 0 radical (unpaired) electrons. The Kier molecular flexibility index (Phi) is 5.85. The molecule has 0 aliphatic carbocycles. The summed E-state index contributed by atoms with van der Waals surface area (Å²) in [5.74, 6) is 0. The van der Waals surface area contributed by atoms with E-state index in [-0.39, 0.29) is 0 Å². The fourth-order valence-corrected chi connectivity index (χ4v) is 5.03. The summed E-state index contributed by atoms with van der Waals surface area (Å²) in [6, 6.07) is 16.3. The summed E-state index contributed by atoms with van der Waals surface area (Å²) in [5.41, 5.74) is 5.01. The van der Waals surface area contributed by atoms with E-state index in [4.69, 9.17) is 0 Å². The highest BCUT2D eigenvalue weighted by Crippen LogP contribution is 2.41. The van der Waals surface area contributed by atoms with E-state index in [0.29, 0.717) is 0 Å². The lowest BCUT2D eigenvalue weighted by atomic mass is 9.81. The maximum Gasteiger partial charge on any atom is -0.00211 e. The van der Waals surface area contributed by atoms with Crippen LogP contribution in [0, 0.1) is 0 Å². The van der Waals surface area contributed by atoms with Gasteiger partial charge in [-0.1, -0.05) is 82.5 Å². The summed E-state index contributed by atoms with van der Waals surface area (Å²) in [4.78, 5) is 0. The quantitative estimate of drug-likeness (QED) is 0.259. The minimum Gasteiger partial charge on any atom is -0.0654 e. The standard InChI is InChI=1S/C28H34/c1-4-7-13-22-23(14-8-5-2)25-18-16-20-11-10-12-21-17-19-26(28(25)27(20)21)24(22)15-9-6-3/h10-12,16-19H,4-9,13-15H2,1-3H3. The van der Waals surface area contributed by atoms with Crippen molar-refractivity contribution in [1.29, 1.82) is 0 Å². The van der Waals surface area contributed by atoms with Crippen LogP contribution in [0.1, 0.15) is 76.0 Å². The van der Waals surface area contributed by atoms with Gasteiger partial charge in [0.25, 0.3) is 0 Å². The summed E-state index contributed by atoms with van der Waals surface area (Å²) in [5, 5.41) is 8.85. The number of hydrogen-bond acceptors (Lipinski definition) is 0. The van der Waals surface area contributed by atoms with Crippen molar-refractivity contribution in [1.82, 2.24) is 0 Å². The van der Waals surface area contributed by atoms with Crippen molar-refractivity contribution in [3.05, 3.63) is 59.2 Å². The van der Waals surface area contributed by atoms with E-state index in [2.05, 4.69) is 63.2 Å². The van der Waals surface area contributed by atoms with Gasteiger partial charge < -0.3 is 0 Å². The van der Waals surface area contributed by atoms with Gasteiger partial charge in [-0.25, -0.2) is 0 Å². The molecule has 0 nitrogen and oxygen atoms in total. The topological polar surface area (TPSA) is 0 Å². The Balaban J connectivity index is 2.10. The van der Waals surface area contributed by atoms with Crippen molar-refractivity contribution in [2.24, 2.45) is 0 Å². The van der Waals surface area contributed by atoms with Gasteiger partial charge in [-0.3, -0.25) is 0 Å². The average molecular weight is 371 g/mol. The molecule has 0 amide bonds. The predicted octanol–water partition coefficient (Wildman–Crippen LogP) is 8.61. The zero-order chi connectivity index (χ0) is 19.5. The number of aryl methyl sites for hydroxylation is 2. The molecule has 0 N–H and O–H groups in total. The molecule has 0 unspecified atom stereocenters. The lowest BCUT2D eigenvalue weighted by Gasteiger charge is -2.23. The van der Waals surface area contributed by atoms with Gasteiger partial charge in [-0.05, 0) is 87.5 Å². The summed E-state index contributed by atoms with van der Waals surface area (Å²) in [6.07, 6.45) is 11.4. The molecule has 0 saturated carbocycles. The Morgan fingerprint density at radius 1 is 0.500 bits per heavy atom. The fourth-order valence-electron chi connectivity index (χ4n) is 5.03. The molecular weight excluding hydrogens is 336 g/mol. The molecule has 0 fully saturated rings. The zero-order valence-corrected chi connectivity index (χ0v) is 17.9. The van der Waals surface area contributed by atoms with Gasteiger partial charge in [0, 0.05) is 0 Å². The molecule has 4 aromatic rings. The highest BCUT2D eigenvalue weighted by molar-refractivity contribution is 6.24. The summed E-state index contributed by atoms with van der Waals surface area (Å²) >= 11 is 0. The Morgan fingerprint density at radius 3 is 1.43 bits per heavy atom. The van der Waals surface area contributed by atoms with Crippen LogP contribution >= 0.6 is 0 Å². The van der Waals surface area contributed by atoms with Crippen molar-refractivity contribution in [2.75, 3.05) is 0 Å². The second kappa shape index (κ2) is 8.52. The molecule has 0 heterocycles. The van der Waals surface area contributed by atoms with Gasteiger partial charge in [0.15, 0.2) is 0 Å². The fraction of sp³-hybridized carbons (Fsp3) is 0.429. The number of unbranched alkanes of at least 4 members (excludes halogenated alkanes) is 3. The third-order valence-electron chi connectivity index (χ3n) is 6.50. The van der Waals surface area contributed by atoms with Crippen molar-refractivity contribution < 1.29 is 0 Å². The lowest BCUT2D eigenvalue weighted by Crippen LogP contribution is -2.05. The van der Waals surface area contributed by atoms with Gasteiger partial charge in [0.2, 0.25) is 0 Å². The molecule has 0 aliphatic rings. The van der Waals surface area contributed by atoms with E-state index in [1.165, 1.54) is 90.1 Å². The number of hydrogen-bond donors (Lipinski definition) is 0. The van der Waals surface area contributed by atoms with E-state index in [9.17, 15) is 0 Å². The van der Waals surface area contributed by atoms with Crippen LogP contribution in [0.4, 0.5) is 0 Å². The smallest absolute Gasteiger partial charge is 0.00211 e. The molecular formula is C28H34. The van der Waals surface area contributed by atoms with Crippen LogP contribution in [0.25, 0.3) is 32.3 Å². The van der Waals surface area contributed by atoms with E-state index >= 15 is 0 Å². The van der Waals surface area contributed by atoms with E-state index in [0.717, 1.165) is 0 Å². The van der Waals surface area contributed by atoms with Crippen LogP contribution in [-0.4, -0.2) is 0 Å². The minimum absolute atomic E-state index is 1.23. The van der Waals surface area contributed by atoms with Crippen LogP contribution in [0.3, 0.4) is 0 Å². The van der Waals surface area contributed by atoms with Crippen molar-refractivity contribution in [3.63, 3.8) is 0 Å². The van der Waals surface area contributed by atoms with Crippen molar-refractivity contribution in [3.8, 4) is 0 Å². The maximum absolute atomic E-state index is 2.42. The Hall–Kier alpha value is -2.08. The van der Waals surface area contributed by atoms with E-state index in [1.54, 1.807) is 16.7 Å². The molecule has 28 heavy (non-hydrogen) atoms. The van der Waals surface area contributed by atoms with Gasteiger partial charge in [-0.15, -0.1) is 0 Å². The normalized spacial score (nSPS) is 12.0. The van der Waals surface area contributed by atoms with Gasteiger partial charge in [-0.2, -0.15) is 0 Å². The van der Waals surface area contributed by atoms with Gasteiger partial charge in [0.05, 0.1) is 0 Å². The molecule has 0 aromatic heterocycles. The highest BCUT2D eigenvalue weighted by atomic mass is 14.2. The van der Waals surface area contributed by atoms with Gasteiger partial charge in [0.1, 0.15) is 0 Å². The van der Waals surface area contributed by atoms with Crippen LogP contribution in [0.2, 0.25) is 0 Å². The van der Waals surface area contributed by atoms with Crippen LogP contribution < -0.4 is 0 Å². The second-order valence-corrected chi connectivity index (χ2v) is 8.43. The molecule has 4 rings (SSSR count). The summed E-state index contributed by atoms with van der Waals surface area (Å²) < 4.78 is 0. The largest absolute Gasteiger partial charge is 0.0654 e. The van der Waals surface area contributed by atoms with E-state index < -0.39 is 0 Å². The highest BCUT2D eigenvalue weighted by Gasteiger charge is 2.19. The zero-order valence-electron chi connectivity index (χ0n) is 17.9. The van der Waals surface area contributed by atoms with Crippen LogP contribution in [0.15, 0.2) is 42.5 Å². The minimum atomic E-state index is 1.23. The van der Waals surface area contributed by atoms with Gasteiger partial charge >= 0.3 is 0 Å². The maximum atomic E-state index is 2.42. The summed E-state index contributed by atoms with van der Waals surface area (Å²) in [7, 11) is 0. The Bertz CT molecular complexity index is 994. The third kappa shape index (κ3) is 3.28. The van der Waals surface area contributed by atoms with Crippen LogP contribution in [0.5, 0.6) is 0 Å². The molecule has 4 aromatic carbocycles. The first kappa shape index (κ1) is 19.2. The monoisotopic (exact) mass is 370 g/mol. The average Bonchev–Trinajstić information content (AvgIpc) is 2.73. The molecule has 0 saturated heterocycles. The molecule has 0 atom stereocenters. The lowest BCUT2D eigenvalue weighted by molar-refractivity contribution is 0.741.